The van der Waals surface area contributed by atoms with E-state index in [-0.39, 0.29) is 0 Å². The Morgan fingerprint density at radius 1 is 1.55 bits per heavy atom. The summed E-state index contributed by atoms with van der Waals surface area (Å²) < 4.78 is 0. The summed E-state index contributed by atoms with van der Waals surface area (Å²) in [7, 11) is 4.04. The summed E-state index contributed by atoms with van der Waals surface area (Å²) in [5, 5.41) is 4.01. The third kappa shape index (κ3) is 2.15. The first-order valence-corrected chi connectivity index (χ1v) is 4.35. The van der Waals surface area contributed by atoms with Gasteiger partial charge in [0.1, 0.15) is 0 Å². The molecular weight excluding hydrogens is 140 g/mol. The smallest absolute Gasteiger partial charge is 0.0718 e. The van der Waals surface area contributed by atoms with Crippen molar-refractivity contribution in [2.24, 2.45) is 0 Å². The van der Waals surface area contributed by atoms with Gasteiger partial charge < -0.3 is 0 Å². The zero-order chi connectivity index (χ0) is 8.27. The molecule has 1 aliphatic rings. The van der Waals surface area contributed by atoms with Gasteiger partial charge in [-0.2, -0.15) is 0 Å². The molecule has 0 amide bonds. The standard InChI is InChI=1S/C8H18N2O/c1-4-5-8-6-7-11-10(8)9(2)3/h8H,4-7H2,1-3H3. The number of hydrogen-bond donors (Lipinski definition) is 0. The molecule has 1 atom stereocenters. The van der Waals surface area contributed by atoms with Gasteiger partial charge in [0, 0.05) is 14.1 Å². The van der Waals surface area contributed by atoms with Crippen molar-refractivity contribution in [3.8, 4) is 0 Å². The molecule has 3 nitrogen and oxygen atoms in total. The number of hydroxylamine groups is 1. The second-order valence-corrected chi connectivity index (χ2v) is 3.21. The molecule has 0 aliphatic carbocycles. The number of hydrazine groups is 1. The predicted molar refractivity (Wildman–Crippen MR) is 44.8 cm³/mol. The van der Waals surface area contributed by atoms with Crippen LogP contribution in [-0.2, 0) is 4.84 Å². The summed E-state index contributed by atoms with van der Waals surface area (Å²) in [6.45, 7) is 3.09. The van der Waals surface area contributed by atoms with E-state index in [4.69, 9.17) is 4.84 Å². The molecule has 66 valence electrons. The van der Waals surface area contributed by atoms with Crippen LogP contribution in [0.25, 0.3) is 0 Å². The van der Waals surface area contributed by atoms with Gasteiger partial charge in [0.2, 0.25) is 0 Å². The van der Waals surface area contributed by atoms with Crippen molar-refractivity contribution >= 4 is 0 Å². The molecule has 0 aromatic rings. The molecule has 0 bridgehead atoms. The maximum Gasteiger partial charge on any atom is 0.0718 e. The minimum atomic E-state index is 0.606. The molecule has 1 rings (SSSR count). The van der Waals surface area contributed by atoms with Gasteiger partial charge >= 0.3 is 0 Å². The van der Waals surface area contributed by atoms with Crippen molar-refractivity contribution in [2.75, 3.05) is 20.7 Å². The van der Waals surface area contributed by atoms with Crippen molar-refractivity contribution < 1.29 is 4.84 Å². The van der Waals surface area contributed by atoms with Gasteiger partial charge in [0.15, 0.2) is 0 Å². The molecule has 11 heavy (non-hydrogen) atoms. The van der Waals surface area contributed by atoms with Crippen LogP contribution in [0.1, 0.15) is 26.2 Å². The Morgan fingerprint density at radius 3 is 2.82 bits per heavy atom. The fourth-order valence-electron chi connectivity index (χ4n) is 1.53. The van der Waals surface area contributed by atoms with E-state index < -0.39 is 0 Å². The Bertz CT molecular complexity index is 117. The lowest BCUT2D eigenvalue weighted by Crippen LogP contribution is -2.39. The molecule has 1 unspecified atom stereocenters. The van der Waals surface area contributed by atoms with Gasteiger partial charge in [-0.3, -0.25) is 4.84 Å². The van der Waals surface area contributed by atoms with Gasteiger partial charge in [0.05, 0.1) is 12.6 Å². The van der Waals surface area contributed by atoms with E-state index in [0.29, 0.717) is 6.04 Å². The fraction of sp³-hybridized carbons (Fsp3) is 1.00. The third-order valence-electron chi connectivity index (χ3n) is 2.00. The number of hydrogen-bond acceptors (Lipinski definition) is 3. The molecule has 1 fully saturated rings. The molecule has 0 saturated carbocycles. The normalized spacial score (nSPS) is 26.7. The lowest BCUT2D eigenvalue weighted by molar-refractivity contribution is -0.251. The van der Waals surface area contributed by atoms with Crippen molar-refractivity contribution in [2.45, 2.75) is 32.2 Å². The Morgan fingerprint density at radius 2 is 2.27 bits per heavy atom. The van der Waals surface area contributed by atoms with Gasteiger partial charge in [-0.1, -0.05) is 13.3 Å². The van der Waals surface area contributed by atoms with E-state index in [1.54, 1.807) is 0 Å². The first kappa shape index (κ1) is 8.97. The summed E-state index contributed by atoms with van der Waals surface area (Å²) in [5.41, 5.74) is 0. The van der Waals surface area contributed by atoms with Crippen LogP contribution < -0.4 is 0 Å². The molecule has 0 aromatic heterocycles. The summed E-state index contributed by atoms with van der Waals surface area (Å²) >= 11 is 0. The van der Waals surface area contributed by atoms with Crippen molar-refractivity contribution in [3.63, 3.8) is 0 Å². The van der Waals surface area contributed by atoms with Crippen molar-refractivity contribution in [3.05, 3.63) is 0 Å². The van der Waals surface area contributed by atoms with Crippen molar-refractivity contribution in [1.29, 1.82) is 0 Å². The van der Waals surface area contributed by atoms with Crippen LogP contribution in [-0.4, -0.2) is 36.9 Å². The van der Waals surface area contributed by atoms with E-state index in [0.717, 1.165) is 6.61 Å². The first-order chi connectivity index (χ1) is 5.25. The Labute approximate surface area is 68.8 Å². The highest BCUT2D eigenvalue weighted by molar-refractivity contribution is 4.67. The third-order valence-corrected chi connectivity index (χ3v) is 2.00. The molecule has 0 aromatic carbocycles. The Kier molecular flexibility index (Phi) is 3.30. The highest BCUT2D eigenvalue weighted by atomic mass is 16.7. The van der Waals surface area contributed by atoms with Crippen LogP contribution in [0.2, 0.25) is 0 Å². The van der Waals surface area contributed by atoms with Crippen LogP contribution in [0.15, 0.2) is 0 Å². The van der Waals surface area contributed by atoms with Gasteiger partial charge in [0.25, 0.3) is 0 Å². The lowest BCUT2D eigenvalue weighted by atomic mass is 10.1. The van der Waals surface area contributed by atoms with Crippen LogP contribution in [0.3, 0.4) is 0 Å². The van der Waals surface area contributed by atoms with Crippen LogP contribution in [0, 0.1) is 0 Å². The SMILES string of the molecule is CCCC1CCON1N(C)C. The minimum Gasteiger partial charge on any atom is -0.284 e. The zero-order valence-electron chi connectivity index (χ0n) is 7.71. The zero-order valence-corrected chi connectivity index (χ0v) is 7.71. The minimum absolute atomic E-state index is 0.606. The summed E-state index contributed by atoms with van der Waals surface area (Å²) in [6.07, 6.45) is 3.64. The molecule has 3 heteroatoms. The number of nitrogens with zero attached hydrogens (tertiary/aromatic N) is 2. The second-order valence-electron chi connectivity index (χ2n) is 3.21. The quantitative estimate of drug-likeness (QED) is 0.615. The maximum absolute atomic E-state index is 5.44. The molecule has 0 radical (unpaired) electrons. The first-order valence-electron chi connectivity index (χ1n) is 4.35. The Hall–Kier alpha value is -0.120. The predicted octanol–water partition coefficient (Wildman–Crippen LogP) is 1.27. The van der Waals surface area contributed by atoms with Crippen LogP contribution >= 0.6 is 0 Å². The summed E-state index contributed by atoms with van der Waals surface area (Å²) in [5.74, 6) is 0. The highest BCUT2D eigenvalue weighted by Crippen LogP contribution is 2.19. The average Bonchev–Trinajstić information content (AvgIpc) is 2.36. The molecular formula is C8H18N2O. The topological polar surface area (TPSA) is 15.7 Å². The van der Waals surface area contributed by atoms with Crippen molar-refractivity contribution in [1.82, 2.24) is 10.2 Å². The molecule has 0 N–H and O–H groups in total. The van der Waals surface area contributed by atoms with E-state index in [9.17, 15) is 0 Å². The van der Waals surface area contributed by atoms with Crippen LogP contribution in [0.4, 0.5) is 0 Å². The average molecular weight is 158 g/mol. The summed E-state index contributed by atoms with van der Waals surface area (Å²) in [4.78, 5) is 5.44. The van der Waals surface area contributed by atoms with Gasteiger partial charge in [-0.15, -0.1) is 5.17 Å². The monoisotopic (exact) mass is 158 g/mol. The van der Waals surface area contributed by atoms with E-state index in [2.05, 4.69) is 6.92 Å². The second kappa shape index (κ2) is 4.04. The molecule has 0 spiro atoms. The highest BCUT2D eigenvalue weighted by Gasteiger charge is 2.26. The number of rotatable bonds is 3. The maximum atomic E-state index is 5.44. The van der Waals surface area contributed by atoms with E-state index >= 15 is 0 Å². The molecule has 1 aliphatic heterocycles. The van der Waals surface area contributed by atoms with Crippen LogP contribution in [0.5, 0.6) is 0 Å². The lowest BCUT2D eigenvalue weighted by Gasteiger charge is -2.27. The molecule has 1 heterocycles. The summed E-state index contributed by atoms with van der Waals surface area (Å²) in [6, 6.07) is 0.606. The fourth-order valence-corrected chi connectivity index (χ4v) is 1.53. The molecule has 1 saturated heterocycles. The van der Waals surface area contributed by atoms with Gasteiger partial charge in [-0.05, 0) is 12.8 Å². The Balaban J connectivity index is 2.37. The van der Waals surface area contributed by atoms with E-state index in [1.807, 2.05) is 24.3 Å². The largest absolute Gasteiger partial charge is 0.284 e. The van der Waals surface area contributed by atoms with E-state index in [1.165, 1.54) is 19.3 Å². The van der Waals surface area contributed by atoms with Gasteiger partial charge in [-0.25, -0.2) is 5.01 Å².